The average Bonchev–Trinajstić information content (AvgIpc) is 1.89. The number of phenolic OH excluding ortho intramolecular Hbond substituents is 3. The number of aliphatic hydroxyl groups is 3. The summed E-state index contributed by atoms with van der Waals surface area (Å²) in [7, 11) is 1.50. The molecule has 3 heterocycles. The minimum atomic E-state index is -1.88. The maximum absolute atomic E-state index is 15.7. The molecule has 5 aromatic carbocycles. The van der Waals surface area contributed by atoms with Crippen LogP contribution in [-0.2, 0) is 35.3 Å². The third-order valence-corrected chi connectivity index (χ3v) is 21.8. The number of aromatic hydroxyl groups is 3. The summed E-state index contributed by atoms with van der Waals surface area (Å²) in [5.74, 6) is 6.30. The standard InChI is InChI=1S/C78H92N4O9/c1-5-11-64-55-34-58(78(27-8-9-28-78)57-26-29-80-74(39-57)82-59-23-20-49-16-19-54(75(88)69(49)40-59)36-62(84)45-79-43-47(3)56-35-60(81-44-56)41-71(64)86)33-52-21-24-66(67-42-72(87)73(91-4)38-53(67)22-25-70(85)77(90)76(89)68(52)37-55)65-15-7-6-14-63(65)51-18-17-50(46(2)30-51)31-48-12-10-13-61(83)32-48/h6-7,10,12-20,23,26,32,35,38-40,42,44,46-47,50-52,55,58,62,64,66,68,71,77,79-84,86-88,90H,5,8-9,11,22,25,27-31,33-34,36-37,41,43,45H2,1-4H3. The zero-order chi connectivity index (χ0) is 63.5. The van der Waals surface area contributed by atoms with Gasteiger partial charge in [-0.05, 0) is 197 Å². The fourth-order valence-corrected chi connectivity index (χ4v) is 16.9. The van der Waals surface area contributed by atoms with Crippen molar-refractivity contribution in [1.82, 2.24) is 15.6 Å². The van der Waals surface area contributed by atoms with E-state index < -0.39 is 47.6 Å². The number of benzene rings is 5. The molecule has 0 saturated heterocycles. The zero-order valence-electron chi connectivity index (χ0n) is 53.3. The van der Waals surface area contributed by atoms with Crippen molar-refractivity contribution in [1.29, 1.82) is 0 Å². The number of ether oxygens (including phenoxy) is 1. The fourth-order valence-electron chi connectivity index (χ4n) is 16.9. The highest BCUT2D eigenvalue weighted by atomic mass is 16.5. The van der Waals surface area contributed by atoms with Gasteiger partial charge in [0.1, 0.15) is 17.3 Å². The molecular formula is C78H92N4O9. The minimum absolute atomic E-state index is 0.0307. The molecule has 6 aromatic rings. The number of aryl methyl sites for hydroxylation is 1. The summed E-state index contributed by atoms with van der Waals surface area (Å²) in [5, 5.41) is 82.7. The van der Waals surface area contributed by atoms with E-state index in [0.29, 0.717) is 68.6 Å². The highest BCUT2D eigenvalue weighted by molar-refractivity contribution is 6.06. The van der Waals surface area contributed by atoms with Gasteiger partial charge in [0.25, 0.3) is 0 Å². The highest BCUT2D eigenvalue weighted by Gasteiger charge is 2.51. The number of β-amino-alcohol motifs (C(OH)–C–C–N with tert-alkyl or cyclic N) is 1. The minimum Gasteiger partial charge on any atom is -0.508 e. The summed E-state index contributed by atoms with van der Waals surface area (Å²) in [4.78, 5) is 33.9. The topological polar surface area (TPSA) is 217 Å². The number of carbonyl (C=O) groups excluding carboxylic acids is 2. The third kappa shape index (κ3) is 13.7. The summed E-state index contributed by atoms with van der Waals surface area (Å²) in [6.07, 6.45) is 17.1. The SMILES string of the molecule is CCCC1C(O)Cc2cc(c[nH]2)C(C)CNCC(O)Cc2ccc3ccc(cc3c2O)NC2=CC(=CCN2)C2(CCCC2)C2CC3C#CC(c4ccccc4C4C=CC(Cc5cccc(O)c5)C(C)C4)c4cc(O)c(OC)cc4CCC(=O)C(O)C(=O)C3CC1C2. The van der Waals surface area contributed by atoms with E-state index in [4.69, 9.17) is 4.74 Å². The van der Waals surface area contributed by atoms with Gasteiger partial charge in [-0.3, -0.25) is 9.59 Å². The molecule has 6 aliphatic rings. The molecule has 13 unspecified atom stereocenters. The number of aromatic amines is 1. The van der Waals surface area contributed by atoms with Crippen molar-refractivity contribution in [2.24, 2.45) is 46.8 Å². The van der Waals surface area contributed by atoms with Gasteiger partial charge < -0.3 is 56.3 Å². The van der Waals surface area contributed by atoms with Gasteiger partial charge in [0.2, 0.25) is 0 Å². The van der Waals surface area contributed by atoms with Crippen LogP contribution in [0, 0.1) is 58.7 Å². The number of methoxy groups -OCH3 is 1. The first kappa shape index (κ1) is 63.5. The third-order valence-electron chi connectivity index (χ3n) is 21.8. The van der Waals surface area contributed by atoms with E-state index >= 15 is 4.79 Å². The fraction of sp³-hybridized carbons (Fsp3) is 0.462. The number of dihydropyridines is 1. The monoisotopic (exact) mass is 1230 g/mol. The number of fused-ring (bicyclic) bond motifs is 11. The first-order chi connectivity index (χ1) is 44.1. The second-order valence-corrected chi connectivity index (χ2v) is 27.7. The number of allylic oxidation sites excluding steroid dienone is 4. The summed E-state index contributed by atoms with van der Waals surface area (Å²) in [5.41, 5.74) is 8.96. The predicted octanol–water partition coefficient (Wildman–Crippen LogP) is 12.7. The number of hydrogen-bond acceptors (Lipinski definition) is 12. The van der Waals surface area contributed by atoms with Gasteiger partial charge in [-0.1, -0.05) is 125 Å². The molecule has 10 N–H and O–H groups in total. The van der Waals surface area contributed by atoms with E-state index in [1.807, 2.05) is 54.7 Å². The Balaban J connectivity index is 0.996. The van der Waals surface area contributed by atoms with E-state index in [-0.39, 0.29) is 83.2 Å². The van der Waals surface area contributed by atoms with Crippen molar-refractivity contribution in [2.75, 3.05) is 32.1 Å². The normalized spacial score (nSPS) is 28.9. The van der Waals surface area contributed by atoms with Crippen LogP contribution in [0.25, 0.3) is 10.8 Å². The lowest BCUT2D eigenvalue weighted by Gasteiger charge is -2.43. The smallest absolute Gasteiger partial charge is 0.173 e. The number of aliphatic hydroxyl groups excluding tert-OH is 3. The lowest BCUT2D eigenvalue weighted by Crippen LogP contribution is -2.40. The van der Waals surface area contributed by atoms with Gasteiger partial charge in [0.15, 0.2) is 29.2 Å². The Kier molecular flexibility index (Phi) is 19.3. The number of rotatable bonds is 7. The molecule has 0 amide bonds. The number of carbonyl (C=O) groups is 2. The molecule has 12 rings (SSSR count). The lowest BCUT2D eigenvalue weighted by atomic mass is 9.62. The first-order valence-electron chi connectivity index (χ1n) is 33.7. The second-order valence-electron chi connectivity index (χ2n) is 27.7. The van der Waals surface area contributed by atoms with Crippen molar-refractivity contribution in [3.8, 4) is 34.8 Å². The zero-order valence-corrected chi connectivity index (χ0v) is 53.3. The number of nitrogens with one attached hydrogen (secondary N) is 4. The molecule has 0 radical (unpaired) electrons. The van der Waals surface area contributed by atoms with E-state index in [1.54, 1.807) is 18.2 Å². The Morgan fingerprint density at radius 1 is 0.780 bits per heavy atom. The van der Waals surface area contributed by atoms with Crippen LogP contribution in [-0.4, -0.2) is 92.2 Å². The second kappa shape index (κ2) is 27.7. The van der Waals surface area contributed by atoms with Crippen LogP contribution in [0.3, 0.4) is 0 Å². The Bertz CT molecular complexity index is 3790. The van der Waals surface area contributed by atoms with E-state index in [1.165, 1.54) is 12.7 Å². The van der Waals surface area contributed by atoms with Crippen molar-refractivity contribution >= 4 is 28.0 Å². The maximum atomic E-state index is 15.7. The molecular weight excluding hydrogens is 1140 g/mol. The van der Waals surface area contributed by atoms with E-state index in [0.717, 1.165) is 101 Å². The van der Waals surface area contributed by atoms with Crippen LogP contribution in [0.1, 0.15) is 154 Å². The molecule has 4 aliphatic carbocycles. The largest absolute Gasteiger partial charge is 0.508 e. The molecule has 9 bridgehead atoms. The molecule has 2 aliphatic heterocycles. The Morgan fingerprint density at radius 2 is 1.59 bits per heavy atom. The number of H-pyrrole nitrogens is 1. The van der Waals surface area contributed by atoms with Gasteiger partial charge in [0.05, 0.1) is 25.2 Å². The van der Waals surface area contributed by atoms with Gasteiger partial charge in [-0.25, -0.2) is 0 Å². The summed E-state index contributed by atoms with van der Waals surface area (Å²) >= 11 is 0. The van der Waals surface area contributed by atoms with Gasteiger partial charge >= 0.3 is 0 Å². The number of phenols is 3. The van der Waals surface area contributed by atoms with Crippen LogP contribution in [0.15, 0.2) is 139 Å². The maximum Gasteiger partial charge on any atom is 0.173 e. The molecule has 2 saturated carbocycles. The number of anilines is 1. The lowest BCUT2D eigenvalue weighted by molar-refractivity contribution is -0.142. The van der Waals surface area contributed by atoms with Gasteiger partial charge in [-0.15, -0.1) is 0 Å². The molecule has 2 fully saturated rings. The summed E-state index contributed by atoms with van der Waals surface area (Å²) in [6, 6.07) is 31.5. The molecule has 1 spiro atoms. The predicted molar refractivity (Wildman–Crippen MR) is 358 cm³/mol. The molecule has 13 heteroatoms. The number of Topliss-reactive ketones (excluding diaryl/α,β-unsaturated/α-hetero) is 2. The Morgan fingerprint density at radius 3 is 2.38 bits per heavy atom. The van der Waals surface area contributed by atoms with Crippen LogP contribution in [0.5, 0.6) is 23.0 Å². The van der Waals surface area contributed by atoms with E-state index in [9.17, 15) is 35.4 Å². The molecule has 1 aromatic heterocycles. The molecule has 13 nitrogen and oxygen atoms in total. The van der Waals surface area contributed by atoms with Crippen molar-refractivity contribution in [3.63, 3.8) is 0 Å². The Hall–Kier alpha value is -7.60. The number of ketones is 2. The number of hydrogen-bond donors (Lipinski definition) is 10. The van der Waals surface area contributed by atoms with Crippen molar-refractivity contribution in [2.45, 2.75) is 153 Å². The van der Waals surface area contributed by atoms with Gasteiger partial charge in [0, 0.05) is 79.6 Å². The quantitative estimate of drug-likeness (QED) is 0.0410. The molecule has 91 heavy (non-hydrogen) atoms. The first-order valence-corrected chi connectivity index (χ1v) is 33.7. The molecule has 13 atom stereocenters. The molecule has 478 valence electrons. The van der Waals surface area contributed by atoms with Crippen LogP contribution in [0.4, 0.5) is 5.69 Å². The number of aromatic nitrogens is 1. The summed E-state index contributed by atoms with van der Waals surface area (Å²) < 4.78 is 5.72. The van der Waals surface area contributed by atoms with Crippen LogP contribution in [0.2, 0.25) is 0 Å². The Labute approximate surface area is 536 Å². The van der Waals surface area contributed by atoms with E-state index in [2.05, 4.69) is 108 Å². The summed E-state index contributed by atoms with van der Waals surface area (Å²) in [6.45, 7) is 8.10. The van der Waals surface area contributed by atoms with Crippen LogP contribution >= 0.6 is 0 Å². The van der Waals surface area contributed by atoms with Crippen molar-refractivity contribution < 1.29 is 45.0 Å². The van der Waals surface area contributed by atoms with Crippen molar-refractivity contribution in [3.05, 3.63) is 184 Å². The van der Waals surface area contributed by atoms with Gasteiger partial charge in [-0.2, -0.15) is 0 Å². The average molecular weight is 1230 g/mol. The van der Waals surface area contributed by atoms with Crippen LogP contribution < -0.4 is 20.7 Å². The highest BCUT2D eigenvalue weighted by Crippen LogP contribution is 2.58.